The van der Waals surface area contributed by atoms with Gasteiger partial charge in [0, 0.05) is 99.7 Å². The molecular formula is C24H72N8O12Si8+8. The zero-order valence-corrected chi connectivity index (χ0v) is 39.5. The van der Waals surface area contributed by atoms with Crippen LogP contribution in [-0.2, 0) is 49.4 Å². The maximum absolute atomic E-state index is 7.58. The summed E-state index contributed by atoms with van der Waals surface area (Å²) in [5, 5.41) is 0. The maximum atomic E-state index is 7.58. The molecule has 6 heterocycles. The van der Waals surface area contributed by atoms with Crippen molar-refractivity contribution in [3.63, 3.8) is 0 Å². The van der Waals surface area contributed by atoms with Gasteiger partial charge in [0.25, 0.3) is 0 Å². The van der Waals surface area contributed by atoms with Gasteiger partial charge in [-0.15, -0.1) is 0 Å². The Balaban J connectivity index is 1.88. The molecule has 52 heavy (non-hydrogen) atoms. The predicted octanol–water partition coefficient (Wildman–Crippen LogP) is -7.18. The molecule has 0 saturated carbocycles. The van der Waals surface area contributed by atoms with Gasteiger partial charge in [-0.1, -0.05) is 0 Å². The van der Waals surface area contributed by atoms with Crippen LogP contribution in [0.3, 0.4) is 0 Å². The fraction of sp³-hybridized carbons (Fsp3) is 1.00. The second kappa shape index (κ2) is 18.7. The zero-order chi connectivity index (χ0) is 37.5. The first-order valence-electron chi connectivity index (χ1n) is 19.7. The van der Waals surface area contributed by atoms with E-state index in [4.69, 9.17) is 49.4 Å². The Morgan fingerprint density at radius 3 is 0.365 bits per heavy atom. The smallest absolute Gasteiger partial charge is 0.373 e. The Morgan fingerprint density at radius 1 is 0.192 bits per heavy atom. The van der Waals surface area contributed by atoms with E-state index in [0.29, 0.717) is 152 Å². The maximum Gasteiger partial charge on any atom is 0.479 e. The summed E-state index contributed by atoms with van der Waals surface area (Å²) in [6.07, 6.45) is 5.40. The summed E-state index contributed by atoms with van der Waals surface area (Å²) >= 11 is 0. The van der Waals surface area contributed by atoms with Gasteiger partial charge < -0.3 is 95.3 Å². The highest BCUT2D eigenvalue weighted by Gasteiger charge is 2.82. The standard InChI is InChI=1S/C24H64N8O12Si8/c25-9-1-17-45-33-46(18-2-10-26)36-49(21-5-13-29)38-47(34-45,19-3-11-27)40-51(23-7-15-31)41-48(35-45,20-4-12-28)39-50(37-46,22-6-14-30)43-52(42-49,44-51)24-8-16-32/h1-32H2/p+8. The minimum absolute atomic E-state index is 0.444. The van der Waals surface area contributed by atoms with Gasteiger partial charge >= 0.3 is 70.4 Å². The third-order valence-electron chi connectivity index (χ3n) is 9.60. The first-order valence-corrected chi connectivity index (χ1v) is 35.2. The molecule has 20 nitrogen and oxygen atoms in total. The summed E-state index contributed by atoms with van der Waals surface area (Å²) in [4.78, 5) is 0. The first-order chi connectivity index (χ1) is 25.0. The Kier molecular flexibility index (Phi) is 15.8. The molecule has 0 aliphatic carbocycles. The van der Waals surface area contributed by atoms with Gasteiger partial charge in [0.2, 0.25) is 0 Å². The van der Waals surface area contributed by atoms with Crippen LogP contribution in [0.1, 0.15) is 51.4 Å². The van der Waals surface area contributed by atoms with E-state index in [2.05, 4.69) is 45.9 Å². The molecule has 6 aliphatic rings. The fourth-order valence-electron chi connectivity index (χ4n) is 7.30. The highest BCUT2D eigenvalue weighted by molar-refractivity contribution is 7.03. The molecular weight excluding hydrogens is 817 g/mol. The molecule has 6 rings (SSSR count). The summed E-state index contributed by atoms with van der Waals surface area (Å²) in [5.74, 6) is 0. The molecule has 8 bridgehead atoms. The number of hydrogen-bond acceptors (Lipinski definition) is 12. The monoisotopic (exact) mass is 888 g/mol. The van der Waals surface area contributed by atoms with Gasteiger partial charge in [0.1, 0.15) is 0 Å². The highest BCUT2D eigenvalue weighted by Crippen LogP contribution is 2.54. The molecule has 0 aromatic carbocycles. The van der Waals surface area contributed by atoms with Crippen LogP contribution < -0.4 is 45.9 Å². The number of hydrogen-bond donors (Lipinski definition) is 8. The summed E-state index contributed by atoms with van der Waals surface area (Å²) in [6.45, 7) is 5.16. The van der Waals surface area contributed by atoms with Gasteiger partial charge in [0.05, 0.1) is 52.4 Å². The van der Waals surface area contributed by atoms with Crippen LogP contribution in [0.4, 0.5) is 0 Å². The summed E-state index contributed by atoms with van der Waals surface area (Å²) in [6, 6.07) is 3.55. The van der Waals surface area contributed by atoms with E-state index in [1.54, 1.807) is 0 Å². The van der Waals surface area contributed by atoms with E-state index in [-0.39, 0.29) is 0 Å². The molecule has 6 fully saturated rings. The zero-order valence-electron chi connectivity index (χ0n) is 31.5. The Labute approximate surface area is 316 Å². The first kappa shape index (κ1) is 44.0. The topological polar surface area (TPSA) is 332 Å². The van der Waals surface area contributed by atoms with Crippen molar-refractivity contribution in [2.45, 2.75) is 99.7 Å². The molecule has 0 spiro atoms. The minimum atomic E-state index is -3.87. The largest absolute Gasteiger partial charge is 0.479 e. The van der Waals surface area contributed by atoms with Crippen molar-refractivity contribution in [3.05, 3.63) is 0 Å². The van der Waals surface area contributed by atoms with Crippen molar-refractivity contribution in [3.8, 4) is 0 Å². The van der Waals surface area contributed by atoms with E-state index < -0.39 is 70.4 Å². The second-order valence-corrected chi connectivity index (χ2v) is 39.1. The molecule has 0 aromatic heterocycles. The van der Waals surface area contributed by atoms with Crippen LogP contribution in [-0.4, -0.2) is 123 Å². The van der Waals surface area contributed by atoms with Crippen molar-refractivity contribution in [2.75, 3.05) is 52.4 Å². The quantitative estimate of drug-likeness (QED) is 0.0420. The number of quaternary nitrogens is 8. The lowest BCUT2D eigenvalue weighted by molar-refractivity contribution is -0.368. The van der Waals surface area contributed by atoms with E-state index in [9.17, 15) is 0 Å². The molecule has 0 radical (unpaired) electrons. The third kappa shape index (κ3) is 9.96. The van der Waals surface area contributed by atoms with Crippen molar-refractivity contribution in [1.29, 1.82) is 0 Å². The molecule has 28 heteroatoms. The van der Waals surface area contributed by atoms with Gasteiger partial charge in [-0.3, -0.25) is 0 Å². The lowest BCUT2D eigenvalue weighted by Gasteiger charge is -2.63. The molecule has 0 unspecified atom stereocenters. The van der Waals surface area contributed by atoms with E-state index >= 15 is 0 Å². The SMILES string of the molecule is [NH3+]CCC[Si]12O[Si]3(CCC[NH3+])O[Si]4(CCC[NH3+])O[Si](CCC[NH3+])(O1)O[Si]1(CCC[NH3+])O[Si](CCC[NH3+])(O2)O[Si](CCC[NH3+])(O3)O[Si](CCC[NH3+])(O4)O1. The summed E-state index contributed by atoms with van der Waals surface area (Å²) in [5.41, 5.74) is 33.4. The summed E-state index contributed by atoms with van der Waals surface area (Å²) in [7, 11) is -31.0. The Hall–Kier alpha value is 0.935. The van der Waals surface area contributed by atoms with Crippen molar-refractivity contribution < 1.29 is 95.3 Å². The van der Waals surface area contributed by atoms with Crippen LogP contribution in [0.5, 0.6) is 0 Å². The minimum Gasteiger partial charge on any atom is -0.373 e. The Morgan fingerprint density at radius 2 is 0.288 bits per heavy atom. The fourth-order valence-corrected chi connectivity index (χ4v) is 58.3. The van der Waals surface area contributed by atoms with Crippen LogP contribution >= 0.6 is 0 Å². The molecule has 24 N–H and O–H groups in total. The molecule has 6 aliphatic heterocycles. The molecule has 0 amide bonds. The normalized spacial score (nSPS) is 41.1. The van der Waals surface area contributed by atoms with E-state index in [0.717, 1.165) is 0 Å². The molecule has 304 valence electrons. The van der Waals surface area contributed by atoms with Crippen LogP contribution in [0.25, 0.3) is 0 Å². The third-order valence-corrected chi connectivity index (χ3v) is 47.2. The average Bonchev–Trinajstić information content (AvgIpc) is 3.08. The van der Waals surface area contributed by atoms with Crippen molar-refractivity contribution >= 4 is 70.4 Å². The van der Waals surface area contributed by atoms with Gasteiger partial charge in [-0.05, 0) is 0 Å². The number of rotatable bonds is 24. The van der Waals surface area contributed by atoms with Crippen molar-refractivity contribution in [1.82, 2.24) is 0 Å². The lowest BCUT2D eigenvalue weighted by Crippen LogP contribution is -2.88. The van der Waals surface area contributed by atoms with Crippen LogP contribution in [0.2, 0.25) is 48.4 Å². The molecule has 0 aromatic rings. The highest BCUT2D eigenvalue weighted by atomic mass is 28.6. The molecule has 0 atom stereocenters. The van der Waals surface area contributed by atoms with Gasteiger partial charge in [-0.25, -0.2) is 0 Å². The average molecular weight is 890 g/mol. The summed E-state index contributed by atoms with van der Waals surface area (Å²) < 4.78 is 91.0. The predicted molar refractivity (Wildman–Crippen MR) is 196 cm³/mol. The van der Waals surface area contributed by atoms with Gasteiger partial charge in [-0.2, -0.15) is 0 Å². The van der Waals surface area contributed by atoms with Crippen molar-refractivity contribution in [2.24, 2.45) is 0 Å². The van der Waals surface area contributed by atoms with Crippen LogP contribution in [0.15, 0.2) is 0 Å². The lowest BCUT2D eigenvalue weighted by atomic mass is 10.5. The van der Waals surface area contributed by atoms with E-state index in [1.807, 2.05) is 0 Å². The molecule has 6 saturated heterocycles. The second-order valence-electron chi connectivity index (χ2n) is 14.3. The van der Waals surface area contributed by atoms with E-state index in [1.165, 1.54) is 0 Å². The van der Waals surface area contributed by atoms with Gasteiger partial charge in [0.15, 0.2) is 0 Å². The Bertz CT molecular complexity index is 834. The van der Waals surface area contributed by atoms with Crippen LogP contribution in [0, 0.1) is 0 Å².